The molecule has 3 N–H and O–H groups in total. The Morgan fingerprint density at radius 2 is 1.62 bits per heavy atom. The van der Waals surface area contributed by atoms with Crippen LogP contribution in [0.4, 0.5) is 0 Å². The van der Waals surface area contributed by atoms with Crippen molar-refractivity contribution in [3.8, 4) is 0 Å². The van der Waals surface area contributed by atoms with Gasteiger partial charge in [0.05, 0.1) is 19.3 Å². The zero-order valence-corrected chi connectivity index (χ0v) is 16.3. The summed E-state index contributed by atoms with van der Waals surface area (Å²) in [6.07, 6.45) is 0.688. The van der Waals surface area contributed by atoms with E-state index in [2.05, 4.69) is 19.2 Å². The molecular formula is C21H29ClN2O2. The summed E-state index contributed by atoms with van der Waals surface area (Å²) in [6, 6.07) is 17.6. The molecule has 0 saturated carbocycles. The second kappa shape index (κ2) is 11.7. The fourth-order valence-corrected chi connectivity index (χ4v) is 2.65. The smallest absolute Gasteiger partial charge is 0.237 e. The van der Waals surface area contributed by atoms with Crippen LogP contribution in [0.2, 0.25) is 0 Å². The molecule has 0 radical (unpaired) electrons. The van der Waals surface area contributed by atoms with E-state index in [-0.39, 0.29) is 18.3 Å². The van der Waals surface area contributed by atoms with Crippen LogP contribution in [0, 0.1) is 5.92 Å². The van der Waals surface area contributed by atoms with Gasteiger partial charge in [0.25, 0.3) is 0 Å². The van der Waals surface area contributed by atoms with E-state index in [0.29, 0.717) is 32.1 Å². The molecular weight excluding hydrogens is 348 g/mol. The van der Waals surface area contributed by atoms with Crippen LogP contribution in [-0.4, -0.2) is 11.9 Å². The highest BCUT2D eigenvalue weighted by Gasteiger charge is 2.15. The Bertz CT molecular complexity index is 662. The first-order valence-corrected chi connectivity index (χ1v) is 8.78. The van der Waals surface area contributed by atoms with Gasteiger partial charge >= 0.3 is 0 Å². The number of carbonyl (C=O) groups excluding carboxylic acids is 1. The third kappa shape index (κ3) is 7.56. The molecule has 0 fully saturated rings. The summed E-state index contributed by atoms with van der Waals surface area (Å²) in [5, 5.41) is 2.93. The van der Waals surface area contributed by atoms with Crippen molar-refractivity contribution >= 4 is 18.3 Å². The summed E-state index contributed by atoms with van der Waals surface area (Å²) in [6.45, 7) is 5.67. The standard InChI is InChI=1S/C21H28N2O2.ClH/c1-16(2)12-20(22)21(24)23-13-18-10-6-7-11-19(18)15-25-14-17-8-4-3-5-9-17;/h3-11,16,20H,12-15,22H2,1-2H3,(H,23,24);1H/t20-;/m0./s1. The van der Waals surface area contributed by atoms with Crippen LogP contribution in [0.1, 0.15) is 37.0 Å². The molecule has 4 nitrogen and oxygen atoms in total. The molecule has 0 unspecified atom stereocenters. The summed E-state index contributed by atoms with van der Waals surface area (Å²) < 4.78 is 5.82. The van der Waals surface area contributed by atoms with Gasteiger partial charge in [-0.3, -0.25) is 4.79 Å². The van der Waals surface area contributed by atoms with Crippen LogP contribution >= 0.6 is 12.4 Å². The number of hydrogen-bond acceptors (Lipinski definition) is 3. The number of carbonyl (C=O) groups is 1. The lowest BCUT2D eigenvalue weighted by Gasteiger charge is -2.15. The van der Waals surface area contributed by atoms with Crippen molar-refractivity contribution in [1.29, 1.82) is 0 Å². The number of nitrogens with two attached hydrogens (primary N) is 1. The van der Waals surface area contributed by atoms with Crippen molar-refractivity contribution in [3.63, 3.8) is 0 Å². The summed E-state index contributed by atoms with van der Waals surface area (Å²) >= 11 is 0. The molecule has 0 aliphatic carbocycles. The first-order chi connectivity index (χ1) is 12.1. The second-order valence-corrected chi connectivity index (χ2v) is 6.70. The average Bonchev–Trinajstić information content (AvgIpc) is 2.61. The highest BCUT2D eigenvalue weighted by Crippen LogP contribution is 2.12. The van der Waals surface area contributed by atoms with Crippen LogP contribution in [0.3, 0.4) is 0 Å². The fraction of sp³-hybridized carbons (Fsp3) is 0.381. The first-order valence-electron chi connectivity index (χ1n) is 8.78. The minimum atomic E-state index is -0.457. The molecule has 5 heteroatoms. The number of rotatable bonds is 9. The Kier molecular flexibility index (Phi) is 9.96. The van der Waals surface area contributed by atoms with Crippen molar-refractivity contribution in [2.24, 2.45) is 11.7 Å². The highest BCUT2D eigenvalue weighted by atomic mass is 35.5. The van der Waals surface area contributed by atoms with Crippen molar-refractivity contribution in [2.45, 2.75) is 46.1 Å². The number of benzene rings is 2. The van der Waals surface area contributed by atoms with E-state index in [1.807, 2.05) is 54.6 Å². The maximum absolute atomic E-state index is 12.1. The topological polar surface area (TPSA) is 64.4 Å². The molecule has 0 aromatic heterocycles. The van der Waals surface area contributed by atoms with Crippen LogP contribution < -0.4 is 11.1 Å². The largest absolute Gasteiger partial charge is 0.372 e. The predicted octanol–water partition coefficient (Wildman–Crippen LogP) is 3.81. The van der Waals surface area contributed by atoms with Crippen LogP contribution in [-0.2, 0) is 29.3 Å². The van der Waals surface area contributed by atoms with Gasteiger partial charge in [-0.05, 0) is 29.0 Å². The van der Waals surface area contributed by atoms with Gasteiger partial charge in [-0.1, -0.05) is 68.4 Å². The summed E-state index contributed by atoms with van der Waals surface area (Å²) in [4.78, 5) is 12.1. The molecule has 2 aromatic carbocycles. The molecule has 26 heavy (non-hydrogen) atoms. The minimum absolute atomic E-state index is 0. The van der Waals surface area contributed by atoms with Crippen LogP contribution in [0.25, 0.3) is 0 Å². The molecule has 0 aliphatic heterocycles. The van der Waals surface area contributed by atoms with Crippen LogP contribution in [0.5, 0.6) is 0 Å². The molecule has 2 aromatic rings. The van der Waals surface area contributed by atoms with E-state index >= 15 is 0 Å². The zero-order chi connectivity index (χ0) is 18.1. The Balaban J connectivity index is 0.00000338. The Labute approximate surface area is 162 Å². The molecule has 0 heterocycles. The number of halogens is 1. The molecule has 0 bridgehead atoms. The number of ether oxygens (including phenoxy) is 1. The van der Waals surface area contributed by atoms with E-state index in [1.54, 1.807) is 0 Å². The van der Waals surface area contributed by atoms with E-state index in [0.717, 1.165) is 16.7 Å². The summed E-state index contributed by atoms with van der Waals surface area (Å²) in [7, 11) is 0. The van der Waals surface area contributed by atoms with Crippen molar-refractivity contribution in [3.05, 3.63) is 71.3 Å². The first kappa shape index (κ1) is 22.2. The van der Waals surface area contributed by atoms with E-state index in [9.17, 15) is 4.79 Å². The third-order valence-corrected chi connectivity index (χ3v) is 4.00. The van der Waals surface area contributed by atoms with Crippen molar-refractivity contribution in [2.75, 3.05) is 0 Å². The molecule has 0 aliphatic rings. The molecule has 0 saturated heterocycles. The molecule has 1 amide bonds. The van der Waals surface area contributed by atoms with Gasteiger partial charge < -0.3 is 15.8 Å². The zero-order valence-electron chi connectivity index (χ0n) is 15.5. The minimum Gasteiger partial charge on any atom is -0.372 e. The SMILES string of the molecule is CC(C)C[C@H](N)C(=O)NCc1ccccc1COCc1ccccc1.Cl. The predicted molar refractivity (Wildman–Crippen MR) is 108 cm³/mol. The second-order valence-electron chi connectivity index (χ2n) is 6.70. The third-order valence-electron chi connectivity index (χ3n) is 4.00. The maximum Gasteiger partial charge on any atom is 0.237 e. The van der Waals surface area contributed by atoms with E-state index < -0.39 is 6.04 Å². The molecule has 0 spiro atoms. The van der Waals surface area contributed by atoms with Crippen molar-refractivity contribution < 1.29 is 9.53 Å². The normalized spacial score (nSPS) is 11.7. The van der Waals surface area contributed by atoms with Gasteiger partial charge in [0.1, 0.15) is 0 Å². The highest BCUT2D eigenvalue weighted by molar-refractivity contribution is 5.85. The van der Waals surface area contributed by atoms with Gasteiger partial charge in [-0.2, -0.15) is 0 Å². The van der Waals surface area contributed by atoms with Gasteiger partial charge in [-0.25, -0.2) is 0 Å². The van der Waals surface area contributed by atoms with E-state index in [1.165, 1.54) is 0 Å². The molecule has 1 atom stereocenters. The number of nitrogens with one attached hydrogen (secondary N) is 1. The molecule has 142 valence electrons. The van der Waals surface area contributed by atoms with Crippen LogP contribution in [0.15, 0.2) is 54.6 Å². The molecule has 2 rings (SSSR count). The lowest BCUT2D eigenvalue weighted by molar-refractivity contribution is -0.122. The van der Waals surface area contributed by atoms with Gasteiger partial charge in [0.15, 0.2) is 0 Å². The van der Waals surface area contributed by atoms with Crippen molar-refractivity contribution in [1.82, 2.24) is 5.32 Å². The maximum atomic E-state index is 12.1. The van der Waals surface area contributed by atoms with Gasteiger partial charge in [0, 0.05) is 6.54 Å². The summed E-state index contributed by atoms with van der Waals surface area (Å²) in [5.74, 6) is 0.299. The lowest BCUT2D eigenvalue weighted by atomic mass is 10.0. The van der Waals surface area contributed by atoms with Gasteiger partial charge in [0.2, 0.25) is 5.91 Å². The average molecular weight is 377 g/mol. The van der Waals surface area contributed by atoms with E-state index in [4.69, 9.17) is 10.5 Å². The number of hydrogen-bond donors (Lipinski definition) is 2. The monoisotopic (exact) mass is 376 g/mol. The summed E-state index contributed by atoms with van der Waals surface area (Å²) in [5.41, 5.74) is 9.21. The Morgan fingerprint density at radius 3 is 2.27 bits per heavy atom. The lowest BCUT2D eigenvalue weighted by Crippen LogP contribution is -2.41. The fourth-order valence-electron chi connectivity index (χ4n) is 2.65. The Hall–Kier alpha value is -1.88. The Morgan fingerprint density at radius 1 is 1.00 bits per heavy atom. The quantitative estimate of drug-likeness (QED) is 0.699. The number of amides is 1. The van der Waals surface area contributed by atoms with Gasteiger partial charge in [-0.15, -0.1) is 12.4 Å².